The Balaban J connectivity index is 1.95. The van der Waals surface area contributed by atoms with E-state index in [2.05, 4.69) is 19.2 Å². The van der Waals surface area contributed by atoms with Crippen LogP contribution < -0.4 is 5.32 Å². The Kier molecular flexibility index (Phi) is 2.61. The molecule has 1 saturated heterocycles. The van der Waals surface area contributed by atoms with Crippen LogP contribution in [-0.2, 0) is 4.74 Å². The van der Waals surface area contributed by atoms with Gasteiger partial charge in [-0.05, 0) is 51.0 Å². The molecule has 1 N–H and O–H groups in total. The molecular weight excluding hydrogens is 162 g/mol. The summed E-state index contributed by atoms with van der Waals surface area (Å²) < 4.78 is 5.73. The van der Waals surface area contributed by atoms with Gasteiger partial charge in [-0.15, -0.1) is 0 Å². The average Bonchev–Trinajstić information content (AvgIpc) is 2.87. The number of hydrogen-bond acceptors (Lipinski definition) is 2. The predicted molar refractivity (Wildman–Crippen MR) is 53.7 cm³/mol. The Morgan fingerprint density at radius 2 is 2.31 bits per heavy atom. The molecular formula is C11H21NO. The molecule has 0 bridgehead atoms. The summed E-state index contributed by atoms with van der Waals surface area (Å²) in [5.41, 5.74) is 0.632. The summed E-state index contributed by atoms with van der Waals surface area (Å²) in [6.45, 7) is 7.62. The first-order chi connectivity index (χ1) is 6.28. The third-order valence-electron chi connectivity index (χ3n) is 3.78. The van der Waals surface area contributed by atoms with Crippen LogP contribution in [0.3, 0.4) is 0 Å². The Morgan fingerprint density at radius 3 is 2.92 bits per heavy atom. The lowest BCUT2D eigenvalue weighted by Gasteiger charge is -2.36. The van der Waals surface area contributed by atoms with Crippen LogP contribution in [0.15, 0.2) is 0 Å². The molecule has 2 aliphatic rings. The summed E-state index contributed by atoms with van der Waals surface area (Å²) >= 11 is 0. The highest BCUT2D eigenvalue weighted by atomic mass is 16.5. The van der Waals surface area contributed by atoms with Crippen molar-refractivity contribution in [1.29, 1.82) is 0 Å². The van der Waals surface area contributed by atoms with Gasteiger partial charge in [0.05, 0.1) is 6.10 Å². The van der Waals surface area contributed by atoms with Gasteiger partial charge in [0.25, 0.3) is 0 Å². The molecule has 0 amide bonds. The van der Waals surface area contributed by atoms with E-state index >= 15 is 0 Å². The first kappa shape index (κ1) is 9.47. The van der Waals surface area contributed by atoms with Crippen LogP contribution in [-0.4, -0.2) is 25.8 Å². The standard InChI is InChI=1S/C11H21NO/c1-3-13-9(2)10-4-7-12-8-11(10)5-6-11/h9-10,12H,3-8H2,1-2H3. The topological polar surface area (TPSA) is 21.3 Å². The fraction of sp³-hybridized carbons (Fsp3) is 1.00. The maximum absolute atomic E-state index is 5.73. The molecule has 2 heteroatoms. The molecule has 0 radical (unpaired) electrons. The van der Waals surface area contributed by atoms with Crippen molar-refractivity contribution >= 4 is 0 Å². The second kappa shape index (κ2) is 3.58. The average molecular weight is 183 g/mol. The molecule has 2 nitrogen and oxygen atoms in total. The number of ether oxygens (including phenoxy) is 1. The zero-order chi connectivity index (χ0) is 9.31. The molecule has 0 aromatic carbocycles. The zero-order valence-corrected chi connectivity index (χ0v) is 8.81. The van der Waals surface area contributed by atoms with Crippen LogP contribution in [0, 0.1) is 11.3 Å². The van der Waals surface area contributed by atoms with Crippen molar-refractivity contribution in [3.05, 3.63) is 0 Å². The summed E-state index contributed by atoms with van der Waals surface area (Å²) in [5.74, 6) is 0.814. The van der Waals surface area contributed by atoms with Gasteiger partial charge in [0.1, 0.15) is 0 Å². The summed E-state index contributed by atoms with van der Waals surface area (Å²) in [4.78, 5) is 0. The largest absolute Gasteiger partial charge is 0.378 e. The molecule has 2 fully saturated rings. The van der Waals surface area contributed by atoms with E-state index in [0.717, 1.165) is 12.5 Å². The van der Waals surface area contributed by atoms with Crippen molar-refractivity contribution in [2.45, 2.75) is 39.2 Å². The Bertz CT molecular complexity index is 177. The summed E-state index contributed by atoms with van der Waals surface area (Å²) in [5, 5.41) is 3.51. The molecule has 13 heavy (non-hydrogen) atoms. The van der Waals surface area contributed by atoms with Crippen LogP contribution in [0.1, 0.15) is 33.1 Å². The van der Waals surface area contributed by atoms with Crippen molar-refractivity contribution in [1.82, 2.24) is 5.32 Å². The van der Waals surface area contributed by atoms with Crippen molar-refractivity contribution in [2.75, 3.05) is 19.7 Å². The third-order valence-corrected chi connectivity index (χ3v) is 3.78. The van der Waals surface area contributed by atoms with Gasteiger partial charge in [-0.1, -0.05) is 0 Å². The minimum Gasteiger partial charge on any atom is -0.378 e. The van der Waals surface area contributed by atoms with Crippen molar-refractivity contribution in [2.24, 2.45) is 11.3 Å². The summed E-state index contributed by atoms with van der Waals surface area (Å²) in [6.07, 6.45) is 4.61. The SMILES string of the molecule is CCOC(C)C1CCNCC12CC2. The van der Waals surface area contributed by atoms with Gasteiger partial charge < -0.3 is 10.1 Å². The fourth-order valence-electron chi connectivity index (χ4n) is 2.85. The second-order valence-corrected chi connectivity index (χ2v) is 4.59. The van der Waals surface area contributed by atoms with Crippen LogP contribution >= 0.6 is 0 Å². The lowest BCUT2D eigenvalue weighted by Crippen LogP contribution is -2.43. The first-order valence-corrected chi connectivity index (χ1v) is 5.61. The molecule has 0 aromatic heterocycles. The van der Waals surface area contributed by atoms with Gasteiger partial charge in [0, 0.05) is 13.2 Å². The predicted octanol–water partition coefficient (Wildman–Crippen LogP) is 1.80. The minimum absolute atomic E-state index is 0.467. The van der Waals surface area contributed by atoms with E-state index in [1.165, 1.54) is 32.4 Å². The fourth-order valence-corrected chi connectivity index (χ4v) is 2.85. The normalized spacial score (nSPS) is 33.2. The minimum atomic E-state index is 0.467. The quantitative estimate of drug-likeness (QED) is 0.720. The van der Waals surface area contributed by atoms with Crippen molar-refractivity contribution in [3.8, 4) is 0 Å². The van der Waals surface area contributed by atoms with E-state index in [1.807, 2.05) is 0 Å². The van der Waals surface area contributed by atoms with Crippen LogP contribution in [0.4, 0.5) is 0 Å². The molecule has 0 aromatic rings. The number of piperidine rings is 1. The van der Waals surface area contributed by atoms with Crippen LogP contribution in [0.25, 0.3) is 0 Å². The first-order valence-electron chi connectivity index (χ1n) is 5.61. The van der Waals surface area contributed by atoms with Gasteiger partial charge in [0.15, 0.2) is 0 Å². The maximum atomic E-state index is 5.73. The number of rotatable bonds is 3. The van der Waals surface area contributed by atoms with Gasteiger partial charge in [-0.2, -0.15) is 0 Å². The van der Waals surface area contributed by atoms with Crippen molar-refractivity contribution < 1.29 is 4.74 Å². The van der Waals surface area contributed by atoms with Gasteiger partial charge >= 0.3 is 0 Å². The van der Waals surface area contributed by atoms with E-state index in [1.54, 1.807) is 0 Å². The molecule has 76 valence electrons. The molecule has 2 unspecified atom stereocenters. The molecule has 1 spiro atoms. The van der Waals surface area contributed by atoms with E-state index in [9.17, 15) is 0 Å². The molecule has 1 aliphatic carbocycles. The smallest absolute Gasteiger partial charge is 0.0581 e. The maximum Gasteiger partial charge on any atom is 0.0581 e. The molecule has 2 atom stereocenters. The van der Waals surface area contributed by atoms with Crippen LogP contribution in [0.5, 0.6) is 0 Å². The highest BCUT2D eigenvalue weighted by molar-refractivity contribution is 5.04. The third kappa shape index (κ3) is 1.75. The summed E-state index contributed by atoms with van der Waals surface area (Å²) in [6, 6.07) is 0. The van der Waals surface area contributed by atoms with Gasteiger partial charge in [0.2, 0.25) is 0 Å². The Labute approximate surface area is 81.0 Å². The number of hydrogen-bond donors (Lipinski definition) is 1. The summed E-state index contributed by atoms with van der Waals surface area (Å²) in [7, 11) is 0. The lowest BCUT2D eigenvalue weighted by atomic mass is 9.80. The molecule has 1 saturated carbocycles. The Hall–Kier alpha value is -0.0800. The highest BCUT2D eigenvalue weighted by Crippen LogP contribution is 2.55. The van der Waals surface area contributed by atoms with E-state index in [-0.39, 0.29) is 0 Å². The molecule has 1 heterocycles. The molecule has 2 rings (SSSR count). The van der Waals surface area contributed by atoms with Gasteiger partial charge in [-0.3, -0.25) is 0 Å². The van der Waals surface area contributed by atoms with Crippen LogP contribution in [0.2, 0.25) is 0 Å². The monoisotopic (exact) mass is 183 g/mol. The molecule has 1 aliphatic heterocycles. The van der Waals surface area contributed by atoms with E-state index < -0.39 is 0 Å². The number of nitrogens with one attached hydrogen (secondary N) is 1. The van der Waals surface area contributed by atoms with Crippen molar-refractivity contribution in [3.63, 3.8) is 0 Å². The highest BCUT2D eigenvalue weighted by Gasteiger charge is 2.52. The Morgan fingerprint density at radius 1 is 1.54 bits per heavy atom. The second-order valence-electron chi connectivity index (χ2n) is 4.59. The lowest BCUT2D eigenvalue weighted by molar-refractivity contribution is -0.00609. The van der Waals surface area contributed by atoms with E-state index in [0.29, 0.717) is 11.5 Å². The van der Waals surface area contributed by atoms with Gasteiger partial charge in [-0.25, -0.2) is 0 Å². The van der Waals surface area contributed by atoms with E-state index in [4.69, 9.17) is 4.74 Å². The zero-order valence-electron chi connectivity index (χ0n) is 8.81.